The molecule has 0 aliphatic heterocycles. The van der Waals surface area contributed by atoms with Gasteiger partial charge in [-0.25, -0.2) is 0 Å². The van der Waals surface area contributed by atoms with E-state index in [0.29, 0.717) is 11.0 Å². The first-order valence-electron chi connectivity index (χ1n) is 6.63. The Morgan fingerprint density at radius 1 is 1.25 bits per heavy atom. The first-order valence-corrected chi connectivity index (χ1v) is 6.63. The third-order valence-electron chi connectivity index (χ3n) is 3.51. The fraction of sp³-hybridized carbons (Fsp3) is 0.375. The number of hydrogen-bond acceptors (Lipinski definition) is 3. The summed E-state index contributed by atoms with van der Waals surface area (Å²) in [5.74, 6) is -0.319. The van der Waals surface area contributed by atoms with Crippen LogP contribution in [0, 0.1) is 5.41 Å². The van der Waals surface area contributed by atoms with Gasteiger partial charge in [0.25, 0.3) is 5.91 Å². The maximum atomic E-state index is 12.2. The van der Waals surface area contributed by atoms with Gasteiger partial charge in [-0.2, -0.15) is 0 Å². The molecular formula is C16H19NO3. The molecule has 0 saturated carbocycles. The summed E-state index contributed by atoms with van der Waals surface area (Å²) in [6.07, 6.45) is 0. The zero-order valence-corrected chi connectivity index (χ0v) is 12.2. The Bertz CT molecular complexity index is 695. The second kappa shape index (κ2) is 5.12. The van der Waals surface area contributed by atoms with Crippen molar-refractivity contribution >= 4 is 16.9 Å². The van der Waals surface area contributed by atoms with Gasteiger partial charge in [0.15, 0.2) is 11.2 Å². The third-order valence-corrected chi connectivity index (χ3v) is 3.51. The van der Waals surface area contributed by atoms with E-state index < -0.39 is 0 Å². The van der Waals surface area contributed by atoms with Gasteiger partial charge in [0.1, 0.15) is 5.58 Å². The number of carbonyl (C=O) groups is 1. The highest BCUT2D eigenvalue weighted by Crippen LogP contribution is 2.19. The van der Waals surface area contributed by atoms with Gasteiger partial charge >= 0.3 is 0 Å². The Hall–Kier alpha value is -2.10. The lowest BCUT2D eigenvalue weighted by atomic mass is 9.88. The second-order valence-corrected chi connectivity index (χ2v) is 6.03. The molecule has 1 unspecified atom stereocenters. The fourth-order valence-corrected chi connectivity index (χ4v) is 1.70. The van der Waals surface area contributed by atoms with Gasteiger partial charge in [-0.05, 0) is 24.5 Å². The van der Waals surface area contributed by atoms with E-state index in [1.165, 1.54) is 6.07 Å². The molecule has 0 spiro atoms. The lowest BCUT2D eigenvalue weighted by molar-refractivity contribution is 0.0882. The highest BCUT2D eigenvalue weighted by Gasteiger charge is 2.23. The molecule has 0 fully saturated rings. The molecule has 106 valence electrons. The first-order chi connectivity index (χ1) is 9.29. The fourth-order valence-electron chi connectivity index (χ4n) is 1.70. The van der Waals surface area contributed by atoms with Crippen molar-refractivity contribution in [1.82, 2.24) is 5.32 Å². The molecule has 0 radical (unpaired) electrons. The first kappa shape index (κ1) is 14.3. The number of nitrogens with one attached hydrogen (secondary N) is 1. The van der Waals surface area contributed by atoms with Crippen LogP contribution in [0.1, 0.15) is 38.2 Å². The molecule has 4 nitrogen and oxygen atoms in total. The maximum Gasteiger partial charge on any atom is 0.287 e. The number of benzene rings is 1. The average Bonchev–Trinajstić information content (AvgIpc) is 2.37. The molecule has 1 amide bonds. The van der Waals surface area contributed by atoms with Crippen molar-refractivity contribution in [3.05, 3.63) is 46.3 Å². The molecule has 0 bridgehead atoms. The summed E-state index contributed by atoms with van der Waals surface area (Å²) >= 11 is 0. The zero-order chi connectivity index (χ0) is 14.9. The molecular weight excluding hydrogens is 254 g/mol. The summed E-state index contributed by atoms with van der Waals surface area (Å²) in [7, 11) is 0. The van der Waals surface area contributed by atoms with Crippen LogP contribution in [0.15, 0.2) is 39.5 Å². The predicted octanol–water partition coefficient (Wildman–Crippen LogP) is 2.96. The molecule has 1 aromatic carbocycles. The van der Waals surface area contributed by atoms with Gasteiger partial charge in [-0.3, -0.25) is 9.59 Å². The van der Waals surface area contributed by atoms with Gasteiger partial charge in [0.05, 0.1) is 5.39 Å². The van der Waals surface area contributed by atoms with Crippen LogP contribution < -0.4 is 10.7 Å². The topological polar surface area (TPSA) is 59.3 Å². The SMILES string of the molecule is CC(NC(=O)c1cc(=O)c2ccccc2o1)C(C)(C)C. The van der Waals surface area contributed by atoms with Crippen LogP contribution in [0.2, 0.25) is 0 Å². The Balaban J connectivity index is 2.34. The van der Waals surface area contributed by atoms with Crippen LogP contribution in [0.5, 0.6) is 0 Å². The lowest BCUT2D eigenvalue weighted by Crippen LogP contribution is -2.41. The van der Waals surface area contributed by atoms with Crippen LogP contribution in [-0.2, 0) is 0 Å². The van der Waals surface area contributed by atoms with Crippen molar-refractivity contribution in [2.75, 3.05) is 0 Å². The van der Waals surface area contributed by atoms with E-state index in [1.54, 1.807) is 24.3 Å². The van der Waals surface area contributed by atoms with Crippen molar-refractivity contribution in [3.63, 3.8) is 0 Å². The molecule has 0 aliphatic carbocycles. The van der Waals surface area contributed by atoms with Gasteiger partial charge < -0.3 is 9.73 Å². The largest absolute Gasteiger partial charge is 0.451 e. The van der Waals surface area contributed by atoms with E-state index in [9.17, 15) is 9.59 Å². The van der Waals surface area contributed by atoms with E-state index >= 15 is 0 Å². The lowest BCUT2D eigenvalue weighted by Gasteiger charge is -2.27. The van der Waals surface area contributed by atoms with Gasteiger partial charge in [-0.1, -0.05) is 32.9 Å². The van der Waals surface area contributed by atoms with E-state index in [2.05, 4.69) is 5.32 Å². The summed E-state index contributed by atoms with van der Waals surface area (Å²) in [4.78, 5) is 24.1. The zero-order valence-electron chi connectivity index (χ0n) is 12.2. The Labute approximate surface area is 117 Å². The number of amides is 1. The number of carbonyl (C=O) groups excluding carboxylic acids is 1. The third kappa shape index (κ3) is 2.90. The molecule has 0 saturated heterocycles. The number of hydrogen-bond donors (Lipinski definition) is 1. The van der Waals surface area contributed by atoms with Crippen molar-refractivity contribution in [1.29, 1.82) is 0 Å². The van der Waals surface area contributed by atoms with Crippen LogP contribution in [0.3, 0.4) is 0 Å². The summed E-state index contributed by atoms with van der Waals surface area (Å²) in [6.45, 7) is 8.04. The maximum absolute atomic E-state index is 12.2. The number of para-hydroxylation sites is 1. The van der Waals surface area contributed by atoms with E-state index in [0.717, 1.165) is 0 Å². The summed E-state index contributed by atoms with van der Waals surface area (Å²) in [5.41, 5.74) is 0.154. The molecule has 2 rings (SSSR count). The molecule has 1 N–H and O–H groups in total. The summed E-state index contributed by atoms with van der Waals surface area (Å²) in [5, 5.41) is 3.34. The van der Waals surface area contributed by atoms with Crippen molar-refractivity contribution in [2.45, 2.75) is 33.7 Å². The predicted molar refractivity (Wildman–Crippen MR) is 78.9 cm³/mol. The van der Waals surface area contributed by atoms with Crippen molar-refractivity contribution in [3.8, 4) is 0 Å². The molecule has 2 aromatic rings. The molecule has 1 aromatic heterocycles. The van der Waals surface area contributed by atoms with Gasteiger partial charge in [0, 0.05) is 12.1 Å². The van der Waals surface area contributed by atoms with Crippen molar-refractivity contribution < 1.29 is 9.21 Å². The Morgan fingerprint density at radius 2 is 1.90 bits per heavy atom. The highest BCUT2D eigenvalue weighted by molar-refractivity contribution is 5.93. The minimum atomic E-state index is -0.365. The molecule has 1 heterocycles. The van der Waals surface area contributed by atoms with Crippen LogP contribution >= 0.6 is 0 Å². The second-order valence-electron chi connectivity index (χ2n) is 6.03. The smallest absolute Gasteiger partial charge is 0.287 e. The summed E-state index contributed by atoms with van der Waals surface area (Å²) in [6, 6.07) is 8.10. The number of rotatable bonds is 2. The summed E-state index contributed by atoms with van der Waals surface area (Å²) < 4.78 is 5.51. The Morgan fingerprint density at radius 3 is 2.55 bits per heavy atom. The van der Waals surface area contributed by atoms with E-state index in [1.807, 2.05) is 27.7 Å². The van der Waals surface area contributed by atoms with Gasteiger partial charge in [0.2, 0.25) is 0 Å². The van der Waals surface area contributed by atoms with E-state index in [-0.39, 0.29) is 28.6 Å². The monoisotopic (exact) mass is 273 g/mol. The van der Waals surface area contributed by atoms with Crippen molar-refractivity contribution in [2.24, 2.45) is 5.41 Å². The normalized spacial score (nSPS) is 13.2. The molecule has 20 heavy (non-hydrogen) atoms. The van der Waals surface area contributed by atoms with Crippen LogP contribution in [0.25, 0.3) is 11.0 Å². The standard InChI is InChI=1S/C16H19NO3/c1-10(16(2,3)4)17-15(19)14-9-12(18)11-7-5-6-8-13(11)20-14/h5-10H,1-4H3,(H,17,19). The Kier molecular flexibility index (Phi) is 3.66. The van der Waals surface area contributed by atoms with E-state index in [4.69, 9.17) is 4.42 Å². The number of fused-ring (bicyclic) bond motifs is 1. The highest BCUT2D eigenvalue weighted by atomic mass is 16.3. The van der Waals surface area contributed by atoms with Crippen LogP contribution in [-0.4, -0.2) is 11.9 Å². The molecule has 0 aliphatic rings. The molecule has 1 atom stereocenters. The van der Waals surface area contributed by atoms with Crippen LogP contribution in [0.4, 0.5) is 0 Å². The minimum absolute atomic E-state index is 0.0354. The molecule has 4 heteroatoms. The van der Waals surface area contributed by atoms with Gasteiger partial charge in [-0.15, -0.1) is 0 Å². The minimum Gasteiger partial charge on any atom is -0.451 e. The quantitative estimate of drug-likeness (QED) is 0.915. The average molecular weight is 273 g/mol.